The highest BCUT2D eigenvalue weighted by atomic mass is 32.2. The molecule has 0 spiro atoms. The molecule has 94 valence electrons. The largest absolute Gasteiger partial charge is 0.398 e. The minimum atomic E-state index is -3.82. The number of nitrogen functional groups attached to an aromatic ring is 1. The van der Waals surface area contributed by atoms with E-state index >= 15 is 0 Å². The van der Waals surface area contributed by atoms with Crippen molar-refractivity contribution < 1.29 is 17.9 Å². The zero-order valence-corrected chi connectivity index (χ0v) is 9.82. The van der Waals surface area contributed by atoms with Gasteiger partial charge in [-0.1, -0.05) is 0 Å². The number of aliphatic hydroxyl groups excluding tert-OH is 1. The number of nitrogens with zero attached hydrogens (tertiary/aromatic N) is 1. The van der Waals surface area contributed by atoms with E-state index in [1.54, 1.807) is 0 Å². The Kier molecular flexibility index (Phi) is 3.07. The lowest BCUT2D eigenvalue weighted by Gasteiger charge is -2.16. The van der Waals surface area contributed by atoms with E-state index in [-0.39, 0.29) is 23.7 Å². The Balaban J connectivity index is 2.41. The van der Waals surface area contributed by atoms with Crippen molar-refractivity contribution in [3.8, 4) is 0 Å². The summed E-state index contributed by atoms with van der Waals surface area (Å²) < 4.78 is 38.4. The summed E-state index contributed by atoms with van der Waals surface area (Å²) in [7, 11) is -3.82. The van der Waals surface area contributed by atoms with Crippen molar-refractivity contribution in [1.82, 2.24) is 4.31 Å². The summed E-state index contributed by atoms with van der Waals surface area (Å²) in [6.45, 7) is 0.248. The van der Waals surface area contributed by atoms with Gasteiger partial charge in [-0.05, 0) is 24.6 Å². The van der Waals surface area contributed by atoms with Gasteiger partial charge < -0.3 is 10.8 Å². The van der Waals surface area contributed by atoms with Crippen molar-refractivity contribution in [2.75, 3.05) is 18.8 Å². The molecule has 0 aromatic heterocycles. The Morgan fingerprint density at radius 1 is 1.47 bits per heavy atom. The second-order valence-corrected chi connectivity index (χ2v) is 5.89. The number of β-amino-alcohol motifs (C(OH)–C–C–N with tert-alkyl or cyclic N) is 1. The van der Waals surface area contributed by atoms with Gasteiger partial charge in [0.1, 0.15) is 10.7 Å². The molecule has 1 fully saturated rings. The molecule has 0 saturated carbocycles. The van der Waals surface area contributed by atoms with Crippen LogP contribution in [0.3, 0.4) is 0 Å². The van der Waals surface area contributed by atoms with E-state index in [1.807, 2.05) is 0 Å². The van der Waals surface area contributed by atoms with Gasteiger partial charge in [0.05, 0.1) is 11.8 Å². The molecular weight excluding hydrogens is 247 g/mol. The highest BCUT2D eigenvalue weighted by Crippen LogP contribution is 2.26. The van der Waals surface area contributed by atoms with Gasteiger partial charge in [0, 0.05) is 13.1 Å². The zero-order valence-electron chi connectivity index (χ0n) is 9.01. The Morgan fingerprint density at radius 2 is 2.18 bits per heavy atom. The number of rotatable bonds is 2. The third kappa shape index (κ3) is 2.26. The van der Waals surface area contributed by atoms with Crippen LogP contribution in [0.25, 0.3) is 0 Å². The van der Waals surface area contributed by atoms with Gasteiger partial charge in [0.15, 0.2) is 0 Å². The monoisotopic (exact) mass is 260 g/mol. The normalized spacial score (nSPS) is 21.9. The van der Waals surface area contributed by atoms with Gasteiger partial charge in [0.2, 0.25) is 10.0 Å². The van der Waals surface area contributed by atoms with Gasteiger partial charge in [0.25, 0.3) is 0 Å². The lowest BCUT2D eigenvalue weighted by Crippen LogP contribution is -2.30. The van der Waals surface area contributed by atoms with Gasteiger partial charge in [-0.15, -0.1) is 0 Å². The molecule has 7 heteroatoms. The first-order chi connectivity index (χ1) is 7.91. The van der Waals surface area contributed by atoms with Crippen LogP contribution < -0.4 is 5.73 Å². The molecule has 1 heterocycles. The molecule has 1 atom stereocenters. The summed E-state index contributed by atoms with van der Waals surface area (Å²) in [6, 6.07) is 3.22. The number of hydrogen-bond donors (Lipinski definition) is 2. The van der Waals surface area contributed by atoms with Crippen LogP contribution in [0.1, 0.15) is 6.42 Å². The molecule has 2 rings (SSSR count). The number of hydrogen-bond acceptors (Lipinski definition) is 4. The van der Waals surface area contributed by atoms with Crippen molar-refractivity contribution in [3.05, 3.63) is 24.0 Å². The van der Waals surface area contributed by atoms with E-state index in [0.29, 0.717) is 6.42 Å². The molecule has 17 heavy (non-hydrogen) atoms. The van der Waals surface area contributed by atoms with E-state index in [2.05, 4.69) is 0 Å². The first kappa shape index (κ1) is 12.3. The van der Waals surface area contributed by atoms with Crippen LogP contribution in [0, 0.1) is 5.82 Å². The van der Waals surface area contributed by atoms with Crippen LogP contribution in [-0.2, 0) is 10.0 Å². The topological polar surface area (TPSA) is 83.6 Å². The molecule has 3 N–H and O–H groups in total. The molecule has 1 aliphatic rings. The van der Waals surface area contributed by atoms with Gasteiger partial charge in [-0.2, -0.15) is 4.31 Å². The quantitative estimate of drug-likeness (QED) is 0.742. The maximum absolute atomic E-state index is 13.1. The van der Waals surface area contributed by atoms with Crippen LogP contribution >= 0.6 is 0 Å². The summed E-state index contributed by atoms with van der Waals surface area (Å²) in [6.07, 6.45) is -0.284. The van der Waals surface area contributed by atoms with Crippen molar-refractivity contribution >= 4 is 15.7 Å². The minimum absolute atomic E-state index is 0.00721. The van der Waals surface area contributed by atoms with Gasteiger partial charge in [-0.3, -0.25) is 0 Å². The first-order valence-electron chi connectivity index (χ1n) is 5.14. The standard InChI is InChI=1S/C10H13FN2O3S/c11-7-1-2-9(12)10(5-7)17(15,16)13-4-3-8(14)6-13/h1-2,5,8,14H,3-4,6,12H2/t8-/m0/s1. The summed E-state index contributed by atoms with van der Waals surface area (Å²) in [5.74, 6) is -0.655. The molecule has 0 unspecified atom stereocenters. The summed E-state index contributed by atoms with van der Waals surface area (Å²) in [4.78, 5) is -0.244. The average Bonchev–Trinajstić information content (AvgIpc) is 2.69. The van der Waals surface area contributed by atoms with Crippen molar-refractivity contribution in [1.29, 1.82) is 0 Å². The number of nitrogens with two attached hydrogens (primary N) is 1. The molecule has 1 aromatic carbocycles. The van der Waals surface area contributed by atoms with Crippen molar-refractivity contribution in [2.24, 2.45) is 0 Å². The third-order valence-electron chi connectivity index (χ3n) is 2.72. The summed E-state index contributed by atoms with van der Waals surface area (Å²) in [5, 5.41) is 9.32. The van der Waals surface area contributed by atoms with Crippen LogP contribution in [0.2, 0.25) is 0 Å². The predicted molar refractivity (Wildman–Crippen MR) is 60.2 cm³/mol. The Bertz CT molecular complexity index is 532. The fourth-order valence-corrected chi connectivity index (χ4v) is 3.42. The van der Waals surface area contributed by atoms with E-state index in [9.17, 15) is 17.9 Å². The molecule has 1 aliphatic heterocycles. The molecule has 1 aromatic rings. The van der Waals surface area contributed by atoms with Crippen molar-refractivity contribution in [3.63, 3.8) is 0 Å². The number of halogens is 1. The number of aliphatic hydroxyl groups is 1. The maximum Gasteiger partial charge on any atom is 0.245 e. The average molecular weight is 260 g/mol. The van der Waals surface area contributed by atoms with Crippen LogP contribution in [-0.4, -0.2) is 37.0 Å². The van der Waals surface area contributed by atoms with Crippen LogP contribution in [0.4, 0.5) is 10.1 Å². The fraction of sp³-hybridized carbons (Fsp3) is 0.400. The predicted octanol–water partition coefficient (Wildman–Crippen LogP) is 0.163. The first-order valence-corrected chi connectivity index (χ1v) is 6.58. The lowest BCUT2D eigenvalue weighted by atomic mass is 10.3. The summed E-state index contributed by atoms with van der Waals surface area (Å²) >= 11 is 0. The SMILES string of the molecule is Nc1ccc(F)cc1S(=O)(=O)N1CC[C@H](O)C1. The van der Waals surface area contributed by atoms with Crippen molar-refractivity contribution in [2.45, 2.75) is 17.4 Å². The number of benzene rings is 1. The van der Waals surface area contributed by atoms with E-state index in [0.717, 1.165) is 16.4 Å². The molecule has 1 saturated heterocycles. The Labute approximate surface area is 98.7 Å². The molecule has 0 amide bonds. The Morgan fingerprint density at radius 3 is 2.76 bits per heavy atom. The van der Waals surface area contributed by atoms with E-state index < -0.39 is 21.9 Å². The smallest absolute Gasteiger partial charge is 0.245 e. The molecular formula is C10H13FN2O3S. The van der Waals surface area contributed by atoms with Gasteiger partial charge >= 0.3 is 0 Å². The highest BCUT2D eigenvalue weighted by Gasteiger charge is 2.32. The molecule has 5 nitrogen and oxygen atoms in total. The maximum atomic E-state index is 13.1. The van der Waals surface area contributed by atoms with E-state index in [4.69, 9.17) is 5.73 Å². The molecule has 0 aliphatic carbocycles. The number of sulfonamides is 1. The van der Waals surface area contributed by atoms with Crippen LogP contribution in [0.5, 0.6) is 0 Å². The summed E-state index contributed by atoms with van der Waals surface area (Å²) in [5.41, 5.74) is 5.55. The van der Waals surface area contributed by atoms with Gasteiger partial charge in [-0.25, -0.2) is 12.8 Å². The second-order valence-electron chi connectivity index (χ2n) is 3.99. The van der Waals surface area contributed by atoms with E-state index in [1.165, 1.54) is 6.07 Å². The molecule has 0 radical (unpaired) electrons. The minimum Gasteiger partial charge on any atom is -0.398 e. The molecule has 0 bridgehead atoms. The highest BCUT2D eigenvalue weighted by molar-refractivity contribution is 7.89. The van der Waals surface area contributed by atoms with Crippen LogP contribution in [0.15, 0.2) is 23.1 Å². The lowest BCUT2D eigenvalue weighted by molar-refractivity contribution is 0.189. The second kappa shape index (κ2) is 4.25. The zero-order chi connectivity index (χ0) is 12.6. The Hall–Kier alpha value is -1.18. The fourth-order valence-electron chi connectivity index (χ4n) is 1.80. The number of anilines is 1. The third-order valence-corrected chi connectivity index (χ3v) is 4.64.